The summed E-state index contributed by atoms with van der Waals surface area (Å²) < 4.78 is 0. The van der Waals surface area contributed by atoms with Crippen LogP contribution in [0.25, 0.3) is 21.9 Å². The molecule has 0 unspecified atom stereocenters. The molecule has 2 amide bonds. The molecule has 1 aromatic heterocycles. The van der Waals surface area contributed by atoms with Crippen LogP contribution in [0.3, 0.4) is 0 Å². The van der Waals surface area contributed by atoms with E-state index in [1.165, 1.54) is 22.1 Å². The summed E-state index contributed by atoms with van der Waals surface area (Å²) in [5, 5.41) is 5.32. The molecule has 0 saturated carbocycles. The summed E-state index contributed by atoms with van der Waals surface area (Å²) in [7, 11) is 0. The summed E-state index contributed by atoms with van der Waals surface area (Å²) in [6.45, 7) is 1.37. The van der Waals surface area contributed by atoms with Gasteiger partial charge in [0.1, 0.15) is 0 Å². The molecule has 0 bridgehead atoms. The predicted molar refractivity (Wildman–Crippen MR) is 90.5 cm³/mol. The smallest absolute Gasteiger partial charge is 0.322 e. The fourth-order valence-corrected chi connectivity index (χ4v) is 3.75. The van der Waals surface area contributed by atoms with Gasteiger partial charge >= 0.3 is 6.03 Å². The SMILES string of the molecule is O=C1NCc2cc(-c3cncc4ccccc34)cc3c2N1CC3. The van der Waals surface area contributed by atoms with Gasteiger partial charge in [-0.3, -0.25) is 9.88 Å². The summed E-state index contributed by atoms with van der Waals surface area (Å²) in [6.07, 6.45) is 4.75. The molecule has 3 heterocycles. The first kappa shape index (κ1) is 12.6. The maximum Gasteiger partial charge on any atom is 0.322 e. The van der Waals surface area contributed by atoms with Crippen LogP contribution >= 0.6 is 0 Å². The molecule has 1 N–H and O–H groups in total. The van der Waals surface area contributed by atoms with Crippen molar-refractivity contribution in [2.75, 3.05) is 11.4 Å². The van der Waals surface area contributed by atoms with Crippen LogP contribution < -0.4 is 10.2 Å². The molecule has 112 valence electrons. The molecule has 2 aliphatic rings. The monoisotopic (exact) mass is 301 g/mol. The van der Waals surface area contributed by atoms with Crippen molar-refractivity contribution in [3.8, 4) is 11.1 Å². The minimum Gasteiger partial charge on any atom is -0.334 e. The van der Waals surface area contributed by atoms with Gasteiger partial charge in [0, 0.05) is 36.4 Å². The average molecular weight is 301 g/mol. The van der Waals surface area contributed by atoms with Gasteiger partial charge in [-0.1, -0.05) is 24.3 Å². The number of rotatable bonds is 1. The Morgan fingerprint density at radius 3 is 2.91 bits per heavy atom. The molecule has 3 aromatic rings. The summed E-state index contributed by atoms with van der Waals surface area (Å²) in [5.41, 5.74) is 5.91. The van der Waals surface area contributed by atoms with Gasteiger partial charge in [0.05, 0.1) is 5.69 Å². The molecule has 0 fully saturated rings. The second-order valence-electron chi connectivity index (χ2n) is 6.11. The first-order chi connectivity index (χ1) is 11.3. The molecular weight excluding hydrogens is 286 g/mol. The Morgan fingerprint density at radius 2 is 1.96 bits per heavy atom. The van der Waals surface area contributed by atoms with Crippen LogP contribution in [0.1, 0.15) is 11.1 Å². The lowest BCUT2D eigenvalue weighted by Crippen LogP contribution is -2.42. The topological polar surface area (TPSA) is 45.2 Å². The number of aromatic nitrogens is 1. The van der Waals surface area contributed by atoms with E-state index < -0.39 is 0 Å². The van der Waals surface area contributed by atoms with E-state index in [1.54, 1.807) is 0 Å². The van der Waals surface area contributed by atoms with Crippen LogP contribution in [0, 0.1) is 0 Å². The highest BCUT2D eigenvalue weighted by Gasteiger charge is 2.31. The van der Waals surface area contributed by atoms with Crippen molar-refractivity contribution in [3.05, 3.63) is 59.9 Å². The molecule has 5 rings (SSSR count). The quantitative estimate of drug-likeness (QED) is 0.748. The van der Waals surface area contributed by atoms with Crippen LogP contribution in [0.2, 0.25) is 0 Å². The van der Waals surface area contributed by atoms with Crippen molar-refractivity contribution < 1.29 is 4.79 Å². The molecule has 2 aliphatic heterocycles. The van der Waals surface area contributed by atoms with Crippen molar-refractivity contribution in [1.82, 2.24) is 10.3 Å². The fourth-order valence-electron chi connectivity index (χ4n) is 3.75. The Morgan fingerprint density at radius 1 is 1.09 bits per heavy atom. The zero-order chi connectivity index (χ0) is 15.4. The Labute approximate surface area is 133 Å². The molecule has 4 nitrogen and oxygen atoms in total. The third kappa shape index (κ3) is 1.78. The van der Waals surface area contributed by atoms with E-state index in [9.17, 15) is 4.79 Å². The van der Waals surface area contributed by atoms with E-state index in [0.29, 0.717) is 6.54 Å². The van der Waals surface area contributed by atoms with Crippen LogP contribution in [0.4, 0.5) is 10.5 Å². The summed E-state index contributed by atoms with van der Waals surface area (Å²) in [4.78, 5) is 18.2. The second-order valence-corrected chi connectivity index (χ2v) is 6.11. The molecule has 4 heteroatoms. The third-order valence-electron chi connectivity index (χ3n) is 4.80. The summed E-state index contributed by atoms with van der Waals surface area (Å²) >= 11 is 0. The van der Waals surface area contributed by atoms with Crippen LogP contribution in [0.5, 0.6) is 0 Å². The first-order valence-electron chi connectivity index (χ1n) is 7.85. The second kappa shape index (κ2) is 4.56. The van der Waals surface area contributed by atoms with Crippen molar-refractivity contribution >= 4 is 22.5 Å². The van der Waals surface area contributed by atoms with Crippen molar-refractivity contribution in [3.63, 3.8) is 0 Å². The number of hydrogen-bond acceptors (Lipinski definition) is 2. The van der Waals surface area contributed by atoms with Crippen molar-refractivity contribution in [2.24, 2.45) is 0 Å². The standard InChI is InChI=1S/C19H15N3O/c23-19-21-10-15-8-14(7-12-5-6-22(19)18(12)15)17-11-20-9-13-3-1-2-4-16(13)17/h1-4,7-9,11H,5-6,10H2,(H,21,23). The van der Waals surface area contributed by atoms with E-state index in [4.69, 9.17) is 0 Å². The highest BCUT2D eigenvalue weighted by Crippen LogP contribution is 2.39. The van der Waals surface area contributed by atoms with Crippen molar-refractivity contribution in [1.29, 1.82) is 0 Å². The number of nitrogens with one attached hydrogen (secondary N) is 1. The lowest BCUT2D eigenvalue weighted by Gasteiger charge is -2.26. The molecule has 0 saturated heterocycles. The van der Waals surface area contributed by atoms with E-state index in [-0.39, 0.29) is 6.03 Å². The number of urea groups is 1. The lowest BCUT2D eigenvalue weighted by molar-refractivity contribution is 0.245. The van der Waals surface area contributed by atoms with E-state index >= 15 is 0 Å². The molecule has 0 atom stereocenters. The summed E-state index contributed by atoms with van der Waals surface area (Å²) in [6, 6.07) is 12.8. The molecule has 2 aromatic carbocycles. The molecule has 23 heavy (non-hydrogen) atoms. The van der Waals surface area contributed by atoms with Crippen LogP contribution in [-0.2, 0) is 13.0 Å². The van der Waals surface area contributed by atoms with E-state index in [1.807, 2.05) is 23.4 Å². The van der Waals surface area contributed by atoms with E-state index in [2.05, 4.69) is 40.6 Å². The number of carbonyl (C=O) groups is 1. The van der Waals surface area contributed by atoms with Gasteiger partial charge in [0.25, 0.3) is 0 Å². The van der Waals surface area contributed by atoms with Crippen LogP contribution in [0.15, 0.2) is 48.8 Å². The van der Waals surface area contributed by atoms with Gasteiger partial charge in [-0.25, -0.2) is 4.79 Å². The van der Waals surface area contributed by atoms with Gasteiger partial charge < -0.3 is 5.32 Å². The number of amides is 2. The highest BCUT2D eigenvalue weighted by atomic mass is 16.2. The van der Waals surface area contributed by atoms with Gasteiger partial charge in [-0.15, -0.1) is 0 Å². The zero-order valence-electron chi connectivity index (χ0n) is 12.5. The largest absolute Gasteiger partial charge is 0.334 e. The molecular formula is C19H15N3O. The third-order valence-corrected chi connectivity index (χ3v) is 4.80. The Bertz CT molecular complexity index is 959. The average Bonchev–Trinajstić information content (AvgIpc) is 3.03. The predicted octanol–water partition coefficient (Wildman–Crippen LogP) is 3.49. The molecule has 0 spiro atoms. The Balaban J connectivity index is 1.75. The number of nitrogens with zero attached hydrogens (tertiary/aromatic N) is 2. The summed E-state index contributed by atoms with van der Waals surface area (Å²) in [5.74, 6) is 0. The number of carbonyl (C=O) groups excluding carboxylic acids is 1. The number of anilines is 1. The maximum atomic E-state index is 12.0. The van der Waals surface area contributed by atoms with Crippen LogP contribution in [-0.4, -0.2) is 17.6 Å². The van der Waals surface area contributed by atoms with Crippen molar-refractivity contribution in [2.45, 2.75) is 13.0 Å². The van der Waals surface area contributed by atoms with Gasteiger partial charge in [0.15, 0.2) is 0 Å². The highest BCUT2D eigenvalue weighted by molar-refractivity contribution is 6.00. The zero-order valence-corrected chi connectivity index (χ0v) is 12.5. The number of benzene rings is 2. The van der Waals surface area contributed by atoms with Gasteiger partial charge in [0.2, 0.25) is 0 Å². The molecule has 0 aliphatic carbocycles. The first-order valence-corrected chi connectivity index (χ1v) is 7.85. The number of pyridine rings is 1. The van der Waals surface area contributed by atoms with Gasteiger partial charge in [-0.05, 0) is 40.6 Å². The Kier molecular flexibility index (Phi) is 2.50. The maximum absolute atomic E-state index is 12.0. The Hall–Kier alpha value is -2.88. The minimum atomic E-state index is 0.0239. The van der Waals surface area contributed by atoms with Gasteiger partial charge in [-0.2, -0.15) is 0 Å². The normalized spacial score (nSPS) is 15.7. The minimum absolute atomic E-state index is 0.0239. The van der Waals surface area contributed by atoms with E-state index in [0.717, 1.165) is 29.6 Å². The molecule has 0 radical (unpaired) electrons. The fraction of sp³-hybridized carbons (Fsp3) is 0.158. The number of fused-ring (bicyclic) bond motifs is 1. The number of hydrogen-bond donors (Lipinski definition) is 1. The lowest BCUT2D eigenvalue weighted by atomic mass is 9.95.